The quantitative estimate of drug-likeness (QED) is 0.855. The summed E-state index contributed by atoms with van der Waals surface area (Å²) >= 11 is 0. The molecule has 0 radical (unpaired) electrons. The Morgan fingerprint density at radius 3 is 2.75 bits per heavy atom. The molecule has 130 valence electrons. The monoisotopic (exact) mass is 332 g/mol. The number of nitrogens with zero attached hydrogens (tertiary/aromatic N) is 4. The predicted octanol–water partition coefficient (Wildman–Crippen LogP) is 2.96. The minimum absolute atomic E-state index is 0.00785. The maximum atomic E-state index is 12.6. The summed E-state index contributed by atoms with van der Waals surface area (Å²) in [7, 11) is 0. The molecule has 1 fully saturated rings. The summed E-state index contributed by atoms with van der Waals surface area (Å²) in [5.74, 6) is 2.04. The van der Waals surface area contributed by atoms with Gasteiger partial charge in [-0.15, -0.1) is 0 Å². The lowest BCUT2D eigenvalue weighted by Crippen LogP contribution is -2.30. The zero-order valence-electron chi connectivity index (χ0n) is 14.7. The second kappa shape index (κ2) is 6.37. The van der Waals surface area contributed by atoms with Crippen LogP contribution in [0.1, 0.15) is 69.2 Å². The minimum Gasteiger partial charge on any atom is -0.359 e. The molecule has 1 aliphatic heterocycles. The molecule has 1 aliphatic rings. The van der Waals surface area contributed by atoms with Gasteiger partial charge in [0, 0.05) is 30.9 Å². The fourth-order valence-corrected chi connectivity index (χ4v) is 2.92. The van der Waals surface area contributed by atoms with Gasteiger partial charge in [-0.05, 0) is 19.8 Å². The summed E-state index contributed by atoms with van der Waals surface area (Å²) in [6.45, 7) is 8.72. The van der Waals surface area contributed by atoms with E-state index in [1.165, 1.54) is 0 Å². The summed E-state index contributed by atoms with van der Waals surface area (Å²) < 4.78 is 10.6. The van der Waals surface area contributed by atoms with Crippen LogP contribution >= 0.6 is 0 Å². The molecule has 24 heavy (non-hydrogen) atoms. The Bertz CT molecular complexity index is 713. The first-order valence-electron chi connectivity index (χ1n) is 8.40. The molecule has 0 aliphatic carbocycles. The highest BCUT2D eigenvalue weighted by Gasteiger charge is 2.32. The number of hydrogen-bond donors (Lipinski definition) is 0. The third kappa shape index (κ3) is 3.49. The van der Waals surface area contributed by atoms with E-state index in [4.69, 9.17) is 9.05 Å². The Morgan fingerprint density at radius 1 is 1.33 bits per heavy atom. The van der Waals surface area contributed by atoms with Crippen molar-refractivity contribution >= 4 is 5.91 Å². The molecule has 0 spiro atoms. The number of rotatable bonds is 4. The summed E-state index contributed by atoms with van der Waals surface area (Å²) in [5.41, 5.74) is 0.681. The molecular formula is C17H24N4O3. The van der Waals surface area contributed by atoms with Gasteiger partial charge in [-0.3, -0.25) is 4.79 Å². The fourth-order valence-electron chi connectivity index (χ4n) is 2.92. The number of aromatic nitrogens is 3. The average Bonchev–Trinajstić information content (AvgIpc) is 3.23. The van der Waals surface area contributed by atoms with Crippen molar-refractivity contribution in [3.05, 3.63) is 29.2 Å². The second-order valence-electron chi connectivity index (χ2n) is 7.38. The molecule has 3 rings (SSSR count). The van der Waals surface area contributed by atoms with Crippen molar-refractivity contribution in [2.45, 2.75) is 64.8 Å². The molecule has 7 nitrogen and oxygen atoms in total. The van der Waals surface area contributed by atoms with Crippen LogP contribution in [0.2, 0.25) is 0 Å². The minimum atomic E-state index is -0.157. The molecule has 3 heterocycles. The lowest BCUT2D eigenvalue weighted by molar-refractivity contribution is -0.132. The summed E-state index contributed by atoms with van der Waals surface area (Å²) in [5, 5.41) is 7.92. The van der Waals surface area contributed by atoms with E-state index in [1.807, 2.05) is 38.7 Å². The summed E-state index contributed by atoms with van der Waals surface area (Å²) in [6, 6.07) is 1.90. The third-order valence-electron chi connectivity index (χ3n) is 4.24. The van der Waals surface area contributed by atoms with Crippen LogP contribution in [0, 0.1) is 6.92 Å². The Kier molecular flexibility index (Phi) is 4.43. The molecule has 1 atom stereocenters. The number of amides is 1. The molecule has 7 heteroatoms. The third-order valence-corrected chi connectivity index (χ3v) is 4.24. The van der Waals surface area contributed by atoms with Gasteiger partial charge in [-0.1, -0.05) is 31.1 Å². The van der Waals surface area contributed by atoms with Crippen molar-refractivity contribution in [2.24, 2.45) is 0 Å². The Morgan fingerprint density at radius 2 is 2.12 bits per heavy atom. The molecule has 0 aromatic carbocycles. The van der Waals surface area contributed by atoms with Gasteiger partial charge >= 0.3 is 0 Å². The highest BCUT2D eigenvalue weighted by molar-refractivity contribution is 5.77. The van der Waals surface area contributed by atoms with E-state index in [0.717, 1.165) is 30.8 Å². The average molecular weight is 332 g/mol. The van der Waals surface area contributed by atoms with Crippen LogP contribution in [0.25, 0.3) is 0 Å². The summed E-state index contributed by atoms with van der Waals surface area (Å²) in [6.07, 6.45) is 2.70. The fraction of sp³-hybridized carbons (Fsp3) is 0.647. The topological polar surface area (TPSA) is 85.3 Å². The SMILES string of the molecule is Cc1cc(C2CCCN2C(=O)CCc2nc(C(C)(C)C)no2)on1. The van der Waals surface area contributed by atoms with Crippen LogP contribution in [0.5, 0.6) is 0 Å². The van der Waals surface area contributed by atoms with E-state index < -0.39 is 0 Å². The van der Waals surface area contributed by atoms with E-state index >= 15 is 0 Å². The molecule has 1 saturated heterocycles. The van der Waals surface area contributed by atoms with Gasteiger partial charge in [0.1, 0.15) is 0 Å². The van der Waals surface area contributed by atoms with Gasteiger partial charge < -0.3 is 13.9 Å². The van der Waals surface area contributed by atoms with Gasteiger partial charge in [-0.25, -0.2) is 0 Å². The van der Waals surface area contributed by atoms with Gasteiger partial charge in [0.2, 0.25) is 11.8 Å². The maximum Gasteiger partial charge on any atom is 0.227 e. The van der Waals surface area contributed by atoms with Crippen molar-refractivity contribution in [1.29, 1.82) is 0 Å². The van der Waals surface area contributed by atoms with E-state index in [2.05, 4.69) is 15.3 Å². The van der Waals surface area contributed by atoms with Crippen molar-refractivity contribution in [3.63, 3.8) is 0 Å². The van der Waals surface area contributed by atoms with E-state index in [9.17, 15) is 4.79 Å². The van der Waals surface area contributed by atoms with E-state index in [1.54, 1.807) is 0 Å². The first-order chi connectivity index (χ1) is 11.3. The molecular weight excluding hydrogens is 308 g/mol. The molecule has 2 aromatic heterocycles. The van der Waals surface area contributed by atoms with Crippen LogP contribution in [-0.4, -0.2) is 32.6 Å². The van der Waals surface area contributed by atoms with Crippen molar-refractivity contribution < 1.29 is 13.8 Å². The smallest absolute Gasteiger partial charge is 0.227 e. The highest BCUT2D eigenvalue weighted by atomic mass is 16.5. The number of aryl methyl sites for hydroxylation is 2. The molecule has 0 saturated carbocycles. The van der Waals surface area contributed by atoms with Gasteiger partial charge in [0.05, 0.1) is 11.7 Å². The van der Waals surface area contributed by atoms with Crippen LogP contribution < -0.4 is 0 Å². The molecule has 1 amide bonds. The Balaban J connectivity index is 1.61. The van der Waals surface area contributed by atoms with Crippen LogP contribution in [0.4, 0.5) is 0 Å². The number of hydrogen-bond acceptors (Lipinski definition) is 6. The molecule has 2 aromatic rings. The number of carbonyl (C=O) groups is 1. The highest BCUT2D eigenvalue weighted by Crippen LogP contribution is 2.32. The predicted molar refractivity (Wildman–Crippen MR) is 86.2 cm³/mol. The van der Waals surface area contributed by atoms with Gasteiger partial charge in [0.15, 0.2) is 11.6 Å². The number of carbonyl (C=O) groups excluding carboxylic acids is 1. The molecule has 0 N–H and O–H groups in total. The molecule has 0 bridgehead atoms. The Labute approximate surface area is 141 Å². The van der Waals surface area contributed by atoms with E-state index in [0.29, 0.717) is 24.6 Å². The second-order valence-corrected chi connectivity index (χ2v) is 7.38. The Hall–Kier alpha value is -2.18. The van der Waals surface area contributed by atoms with Crippen LogP contribution in [0.3, 0.4) is 0 Å². The largest absolute Gasteiger partial charge is 0.359 e. The zero-order valence-corrected chi connectivity index (χ0v) is 14.7. The normalized spacial score (nSPS) is 18.3. The first-order valence-corrected chi connectivity index (χ1v) is 8.40. The van der Waals surface area contributed by atoms with Crippen molar-refractivity contribution in [3.8, 4) is 0 Å². The van der Waals surface area contributed by atoms with Crippen molar-refractivity contribution in [2.75, 3.05) is 6.54 Å². The standard InChI is InChI=1S/C17H24N4O3/c1-11-10-13(23-19-11)12-6-5-9-21(12)15(22)8-7-14-18-16(20-24-14)17(2,3)4/h10,12H,5-9H2,1-4H3. The van der Waals surface area contributed by atoms with Crippen LogP contribution in [-0.2, 0) is 16.6 Å². The lowest BCUT2D eigenvalue weighted by atomic mass is 9.96. The van der Waals surface area contributed by atoms with Crippen molar-refractivity contribution in [1.82, 2.24) is 20.2 Å². The number of likely N-dealkylation sites (tertiary alicyclic amines) is 1. The van der Waals surface area contributed by atoms with Gasteiger partial charge in [0.25, 0.3) is 0 Å². The van der Waals surface area contributed by atoms with E-state index in [-0.39, 0.29) is 17.4 Å². The lowest BCUT2D eigenvalue weighted by Gasteiger charge is -2.22. The maximum absolute atomic E-state index is 12.6. The van der Waals surface area contributed by atoms with Gasteiger partial charge in [-0.2, -0.15) is 4.98 Å². The molecule has 1 unspecified atom stereocenters. The summed E-state index contributed by atoms with van der Waals surface area (Å²) in [4.78, 5) is 18.8. The zero-order chi connectivity index (χ0) is 17.3. The first kappa shape index (κ1) is 16.7. The van der Waals surface area contributed by atoms with Crippen LogP contribution in [0.15, 0.2) is 15.1 Å².